The van der Waals surface area contributed by atoms with Gasteiger partial charge < -0.3 is 14.4 Å². The average Bonchev–Trinajstić information content (AvgIpc) is 3.49. The number of nitriles is 1. The van der Waals surface area contributed by atoms with Gasteiger partial charge in [0, 0.05) is 54.2 Å². The van der Waals surface area contributed by atoms with E-state index in [0.29, 0.717) is 27.9 Å². The molecule has 0 N–H and O–H groups in total. The molecule has 0 bridgehead atoms. The summed E-state index contributed by atoms with van der Waals surface area (Å²) >= 11 is 0. The van der Waals surface area contributed by atoms with Gasteiger partial charge in [0.1, 0.15) is 5.58 Å². The zero-order valence-electron chi connectivity index (χ0n) is 32.8. The van der Waals surface area contributed by atoms with E-state index in [0.717, 1.165) is 39.0 Å². The van der Waals surface area contributed by atoms with E-state index in [-0.39, 0.29) is 36.9 Å². The number of hydrogen-bond acceptors (Lipinski definition) is 4. The third kappa shape index (κ3) is 6.74. The standard InChI is InChI=1S/C24H15N2O.C16H18N.Ir/c1-14-10-21(26-13-15(14)2)19-8-5-9-20-23-18-7-4-3-6-17(18)16(12-25)11-22(23)27-24(19)20;1-16(2,3)11-13-9-10-15(17-12-13)14-7-5-4-6-8-14;/h3-7,9-11,13H,1-2H3;4-7,9-10,12H,11H2,1-3H3;/q2*-1;/i1D3,2D3;11D2;. The van der Waals surface area contributed by atoms with Gasteiger partial charge >= 0.3 is 0 Å². The molecule has 5 heteroatoms. The van der Waals surface area contributed by atoms with Gasteiger partial charge in [0.25, 0.3) is 0 Å². The molecule has 4 nitrogen and oxygen atoms in total. The minimum Gasteiger partial charge on any atom is -0.501 e. The van der Waals surface area contributed by atoms with Gasteiger partial charge in [-0.3, -0.25) is 0 Å². The first-order valence-corrected chi connectivity index (χ1v) is 14.1. The van der Waals surface area contributed by atoms with Crippen molar-refractivity contribution >= 4 is 32.7 Å². The van der Waals surface area contributed by atoms with Gasteiger partial charge in [-0.1, -0.05) is 79.7 Å². The van der Waals surface area contributed by atoms with Crippen LogP contribution in [0.25, 0.3) is 55.2 Å². The van der Waals surface area contributed by atoms with Gasteiger partial charge in [0.05, 0.1) is 17.2 Å². The van der Waals surface area contributed by atoms with E-state index >= 15 is 0 Å². The van der Waals surface area contributed by atoms with Gasteiger partial charge in [0.2, 0.25) is 0 Å². The summed E-state index contributed by atoms with van der Waals surface area (Å²) < 4.78 is 69.1. The van der Waals surface area contributed by atoms with Crippen LogP contribution in [0.5, 0.6) is 0 Å². The average molecular weight is 772 g/mol. The van der Waals surface area contributed by atoms with Crippen LogP contribution in [0.1, 0.15) is 54.0 Å². The van der Waals surface area contributed by atoms with Crippen molar-refractivity contribution in [3.05, 3.63) is 132 Å². The fourth-order valence-electron chi connectivity index (χ4n) is 5.09. The number of aryl methyl sites for hydroxylation is 2. The Morgan fingerprint density at radius 2 is 1.62 bits per heavy atom. The van der Waals surface area contributed by atoms with Gasteiger partial charge in [-0.15, -0.1) is 54.1 Å². The Morgan fingerprint density at radius 3 is 2.31 bits per heavy atom. The van der Waals surface area contributed by atoms with Crippen molar-refractivity contribution in [3.8, 4) is 28.6 Å². The predicted molar refractivity (Wildman–Crippen MR) is 179 cm³/mol. The molecule has 0 aliphatic heterocycles. The van der Waals surface area contributed by atoms with Gasteiger partial charge in [-0.2, -0.15) is 5.26 Å². The topological polar surface area (TPSA) is 62.7 Å². The fourth-order valence-corrected chi connectivity index (χ4v) is 5.09. The summed E-state index contributed by atoms with van der Waals surface area (Å²) in [5, 5.41) is 12.8. The molecule has 225 valence electrons. The molecule has 0 saturated heterocycles. The summed E-state index contributed by atoms with van der Waals surface area (Å²) in [6, 6.07) is 33.7. The van der Waals surface area contributed by atoms with Gasteiger partial charge in [0.15, 0.2) is 0 Å². The summed E-state index contributed by atoms with van der Waals surface area (Å²) in [5.41, 5.74) is 3.35. The largest absolute Gasteiger partial charge is 0.501 e. The number of rotatable bonds is 3. The molecule has 0 aliphatic rings. The molecule has 0 atom stereocenters. The Bertz CT molecular complexity index is 2460. The minimum atomic E-state index is -2.64. The SMILES string of the molecule is [2H]C([2H])([2H])c1cnc(-c2[c-]ccc3c2oc2cc(C#N)c4ccccc4c23)cc1C([2H])([2H])[2H].[2H]C([2H])(c1ccc(-c2[c-]cccc2)nc1)C(C)(C)C.[Ir]. The quantitative estimate of drug-likeness (QED) is 0.168. The van der Waals surface area contributed by atoms with E-state index in [9.17, 15) is 5.26 Å². The molecule has 0 saturated carbocycles. The Morgan fingerprint density at radius 1 is 0.844 bits per heavy atom. The molecule has 45 heavy (non-hydrogen) atoms. The molecule has 7 rings (SSSR count). The second kappa shape index (κ2) is 13.2. The van der Waals surface area contributed by atoms with Crippen molar-refractivity contribution in [2.75, 3.05) is 0 Å². The smallest absolute Gasteiger partial charge is 0.122 e. The summed E-state index contributed by atoms with van der Waals surface area (Å²) in [5.74, 6) is 0. The van der Waals surface area contributed by atoms with Crippen molar-refractivity contribution in [1.29, 1.82) is 5.26 Å². The summed E-state index contributed by atoms with van der Waals surface area (Å²) in [6.45, 7) is 0.432. The summed E-state index contributed by atoms with van der Waals surface area (Å²) in [6.07, 6.45) is 1.31. The van der Waals surface area contributed by atoms with E-state index in [2.05, 4.69) is 28.2 Å². The number of nitrogens with zero attached hydrogens (tertiary/aromatic N) is 3. The van der Waals surface area contributed by atoms with Crippen LogP contribution in [0.2, 0.25) is 0 Å². The van der Waals surface area contributed by atoms with Crippen molar-refractivity contribution in [1.82, 2.24) is 9.97 Å². The maximum Gasteiger partial charge on any atom is 0.122 e. The first-order chi connectivity index (χ1) is 24.4. The Labute approximate surface area is 289 Å². The number of furan rings is 1. The second-order valence-corrected chi connectivity index (χ2v) is 11.4. The van der Waals surface area contributed by atoms with E-state index in [4.69, 9.17) is 15.4 Å². The van der Waals surface area contributed by atoms with E-state index < -0.39 is 25.5 Å². The fraction of sp³-hybridized carbons (Fsp3) is 0.175. The van der Waals surface area contributed by atoms with Crippen LogP contribution in [0.4, 0.5) is 0 Å². The number of fused-ring (bicyclic) bond motifs is 5. The van der Waals surface area contributed by atoms with Crippen LogP contribution < -0.4 is 0 Å². The van der Waals surface area contributed by atoms with Crippen molar-refractivity contribution in [2.45, 2.75) is 40.8 Å². The first-order valence-electron chi connectivity index (χ1n) is 18.1. The van der Waals surface area contributed by atoms with E-state index in [1.807, 2.05) is 87.5 Å². The van der Waals surface area contributed by atoms with Crippen LogP contribution >= 0.6 is 0 Å². The molecule has 0 unspecified atom stereocenters. The number of benzene rings is 4. The molecule has 7 aromatic rings. The van der Waals surface area contributed by atoms with Crippen LogP contribution in [0.3, 0.4) is 0 Å². The summed E-state index contributed by atoms with van der Waals surface area (Å²) in [7, 11) is 0. The van der Waals surface area contributed by atoms with Crippen LogP contribution in [-0.2, 0) is 26.5 Å². The predicted octanol–water partition coefficient (Wildman–Crippen LogP) is 10.2. The molecular weight excluding hydrogens is 731 g/mol. The van der Waals surface area contributed by atoms with E-state index in [1.54, 1.807) is 18.3 Å². The number of pyridine rings is 2. The molecule has 3 heterocycles. The van der Waals surface area contributed by atoms with Crippen molar-refractivity contribution in [2.24, 2.45) is 5.41 Å². The normalized spacial score (nSPS) is 14.6. The molecular formula is C40H33IrN3O-2. The van der Waals surface area contributed by atoms with Crippen molar-refractivity contribution < 1.29 is 35.5 Å². The first kappa shape index (κ1) is 22.8. The number of aromatic nitrogens is 2. The Balaban J connectivity index is 0.000000232. The van der Waals surface area contributed by atoms with Gasteiger partial charge in [-0.05, 0) is 59.5 Å². The molecule has 0 fully saturated rings. The molecule has 0 aliphatic carbocycles. The maximum atomic E-state index is 9.59. The molecule has 3 aromatic heterocycles. The zero-order chi connectivity index (χ0) is 37.6. The monoisotopic (exact) mass is 772 g/mol. The van der Waals surface area contributed by atoms with E-state index in [1.165, 1.54) is 6.07 Å². The maximum absolute atomic E-state index is 9.59. The molecule has 4 aromatic carbocycles. The van der Waals surface area contributed by atoms with Crippen LogP contribution in [-0.4, -0.2) is 9.97 Å². The minimum absolute atomic E-state index is 0. The number of hydrogen-bond donors (Lipinski definition) is 0. The Hall–Kier alpha value is -4.62. The second-order valence-electron chi connectivity index (χ2n) is 11.4. The summed E-state index contributed by atoms with van der Waals surface area (Å²) in [4.78, 5) is 8.61. The Kier molecular flexibility index (Phi) is 6.68. The van der Waals surface area contributed by atoms with Crippen LogP contribution in [0, 0.1) is 42.6 Å². The van der Waals surface area contributed by atoms with Crippen LogP contribution in [0.15, 0.2) is 102 Å². The molecule has 1 radical (unpaired) electrons. The van der Waals surface area contributed by atoms with Crippen molar-refractivity contribution in [3.63, 3.8) is 0 Å². The molecule has 0 amide bonds. The third-order valence-corrected chi connectivity index (χ3v) is 6.99. The third-order valence-electron chi connectivity index (χ3n) is 6.99. The molecule has 0 spiro atoms. The zero-order valence-corrected chi connectivity index (χ0v) is 27.2. The van der Waals surface area contributed by atoms with Gasteiger partial charge in [-0.25, -0.2) is 0 Å².